The molecule has 1 aromatic carbocycles. The lowest BCUT2D eigenvalue weighted by Crippen LogP contribution is -2.29. The fourth-order valence-electron chi connectivity index (χ4n) is 0.996. The number of urea groups is 1. The van der Waals surface area contributed by atoms with Gasteiger partial charge < -0.3 is 10.6 Å². The molecule has 0 atom stereocenters. The number of carbonyl (C=O) groups is 1. The number of nitrogens with one attached hydrogen (secondary N) is 2. The second kappa shape index (κ2) is 5.29. The maximum atomic E-state index is 13.1. The lowest BCUT2D eigenvalue weighted by molar-refractivity contribution is 0.252. The Morgan fingerprint density at radius 1 is 1.40 bits per heavy atom. The van der Waals surface area contributed by atoms with Crippen LogP contribution in [0.15, 0.2) is 18.2 Å². The summed E-state index contributed by atoms with van der Waals surface area (Å²) in [6.45, 7) is 2.41. The summed E-state index contributed by atoms with van der Waals surface area (Å²) < 4.78 is 25.6. The van der Waals surface area contributed by atoms with Gasteiger partial charge in [0, 0.05) is 12.6 Å². The number of hydrogen-bond acceptors (Lipinski definition) is 1. The Balaban J connectivity index is 2.60. The molecule has 0 aromatic heterocycles. The average molecular weight is 214 g/mol. The standard InChI is InChI=1S/C10H12F2N2O/c1-2-5-13-10(15)14-9-4-3-7(11)6-8(9)12/h3-4,6H,2,5H2,1H3,(H2,13,14,15). The SMILES string of the molecule is CCCNC(=O)Nc1ccc(F)cc1F. The summed E-state index contributed by atoms with van der Waals surface area (Å²) in [6, 6.07) is 2.48. The van der Waals surface area contributed by atoms with E-state index in [2.05, 4.69) is 10.6 Å². The first-order valence-electron chi connectivity index (χ1n) is 4.63. The van der Waals surface area contributed by atoms with E-state index in [0.717, 1.165) is 18.6 Å². The van der Waals surface area contributed by atoms with Gasteiger partial charge in [0.2, 0.25) is 0 Å². The largest absolute Gasteiger partial charge is 0.338 e. The van der Waals surface area contributed by atoms with Gasteiger partial charge in [-0.2, -0.15) is 0 Å². The minimum absolute atomic E-state index is 0.0370. The molecular weight excluding hydrogens is 202 g/mol. The van der Waals surface area contributed by atoms with Crippen molar-refractivity contribution in [2.24, 2.45) is 0 Å². The number of anilines is 1. The van der Waals surface area contributed by atoms with Gasteiger partial charge >= 0.3 is 6.03 Å². The summed E-state index contributed by atoms with van der Waals surface area (Å²) in [7, 11) is 0. The van der Waals surface area contributed by atoms with E-state index in [1.807, 2.05) is 6.92 Å². The third-order valence-corrected chi connectivity index (χ3v) is 1.71. The number of carbonyl (C=O) groups excluding carboxylic acids is 1. The zero-order valence-corrected chi connectivity index (χ0v) is 8.31. The molecule has 15 heavy (non-hydrogen) atoms. The fraction of sp³-hybridized carbons (Fsp3) is 0.300. The molecule has 0 unspecified atom stereocenters. The van der Waals surface area contributed by atoms with Crippen molar-refractivity contribution in [3.63, 3.8) is 0 Å². The predicted molar refractivity (Wildman–Crippen MR) is 53.7 cm³/mol. The van der Waals surface area contributed by atoms with Crippen molar-refractivity contribution in [1.29, 1.82) is 0 Å². The van der Waals surface area contributed by atoms with E-state index in [-0.39, 0.29) is 5.69 Å². The molecule has 0 spiro atoms. The Morgan fingerprint density at radius 2 is 2.13 bits per heavy atom. The highest BCUT2D eigenvalue weighted by Crippen LogP contribution is 2.14. The van der Waals surface area contributed by atoms with Gasteiger partial charge in [-0.25, -0.2) is 13.6 Å². The van der Waals surface area contributed by atoms with Gasteiger partial charge in [-0.1, -0.05) is 6.92 Å². The molecule has 0 radical (unpaired) electrons. The molecule has 1 rings (SSSR count). The first-order chi connectivity index (χ1) is 7.13. The van der Waals surface area contributed by atoms with Gasteiger partial charge in [-0.3, -0.25) is 0 Å². The van der Waals surface area contributed by atoms with Gasteiger partial charge in [0.25, 0.3) is 0 Å². The van der Waals surface area contributed by atoms with Crippen LogP contribution in [-0.4, -0.2) is 12.6 Å². The highest BCUT2D eigenvalue weighted by atomic mass is 19.1. The van der Waals surface area contributed by atoms with Gasteiger partial charge in [0.15, 0.2) is 0 Å². The quantitative estimate of drug-likeness (QED) is 0.797. The van der Waals surface area contributed by atoms with Crippen molar-refractivity contribution < 1.29 is 13.6 Å². The van der Waals surface area contributed by atoms with Crippen LogP contribution < -0.4 is 10.6 Å². The number of halogens is 2. The van der Waals surface area contributed by atoms with Crippen molar-refractivity contribution in [2.45, 2.75) is 13.3 Å². The molecule has 0 fully saturated rings. The molecule has 0 saturated heterocycles. The van der Waals surface area contributed by atoms with Crippen molar-refractivity contribution in [3.8, 4) is 0 Å². The van der Waals surface area contributed by atoms with Crippen LogP contribution in [0, 0.1) is 11.6 Å². The molecule has 3 nitrogen and oxygen atoms in total. The third kappa shape index (κ3) is 3.53. The first kappa shape index (κ1) is 11.4. The van der Waals surface area contributed by atoms with E-state index in [9.17, 15) is 13.6 Å². The number of benzene rings is 1. The molecule has 0 aliphatic carbocycles. The van der Waals surface area contributed by atoms with Crippen molar-refractivity contribution >= 4 is 11.7 Å². The minimum Gasteiger partial charge on any atom is -0.338 e. The van der Waals surface area contributed by atoms with Gasteiger partial charge in [-0.15, -0.1) is 0 Å². The van der Waals surface area contributed by atoms with Gasteiger partial charge in [0.05, 0.1) is 5.69 Å². The van der Waals surface area contributed by atoms with Gasteiger partial charge in [-0.05, 0) is 18.6 Å². The summed E-state index contributed by atoms with van der Waals surface area (Å²) in [4.78, 5) is 11.1. The maximum absolute atomic E-state index is 13.1. The van der Waals surface area contributed by atoms with Gasteiger partial charge in [0.1, 0.15) is 11.6 Å². The zero-order valence-electron chi connectivity index (χ0n) is 8.31. The van der Waals surface area contributed by atoms with E-state index in [4.69, 9.17) is 0 Å². The lowest BCUT2D eigenvalue weighted by Gasteiger charge is -2.07. The second-order valence-corrected chi connectivity index (χ2v) is 3.01. The summed E-state index contributed by atoms with van der Waals surface area (Å²) in [6.07, 6.45) is 0.791. The Kier molecular flexibility index (Phi) is 4.03. The summed E-state index contributed by atoms with van der Waals surface area (Å²) in [5, 5.41) is 4.79. The topological polar surface area (TPSA) is 41.1 Å². The summed E-state index contributed by atoms with van der Waals surface area (Å²) >= 11 is 0. The van der Waals surface area contributed by atoms with E-state index < -0.39 is 17.7 Å². The second-order valence-electron chi connectivity index (χ2n) is 3.01. The zero-order chi connectivity index (χ0) is 11.3. The normalized spacial score (nSPS) is 9.80. The Morgan fingerprint density at radius 3 is 2.73 bits per heavy atom. The van der Waals surface area contributed by atoms with Crippen LogP contribution in [0.2, 0.25) is 0 Å². The van der Waals surface area contributed by atoms with Crippen LogP contribution in [0.3, 0.4) is 0 Å². The van der Waals surface area contributed by atoms with Crippen molar-refractivity contribution in [2.75, 3.05) is 11.9 Å². The van der Waals surface area contributed by atoms with Crippen LogP contribution in [-0.2, 0) is 0 Å². The number of amides is 2. The Bertz CT molecular complexity index is 355. The van der Waals surface area contributed by atoms with E-state index in [1.165, 1.54) is 6.07 Å². The van der Waals surface area contributed by atoms with Crippen molar-refractivity contribution in [1.82, 2.24) is 5.32 Å². The Hall–Kier alpha value is -1.65. The highest BCUT2D eigenvalue weighted by Gasteiger charge is 2.06. The molecule has 82 valence electrons. The fourth-order valence-corrected chi connectivity index (χ4v) is 0.996. The average Bonchev–Trinajstić information content (AvgIpc) is 2.19. The predicted octanol–water partition coefficient (Wildman–Crippen LogP) is 2.50. The Labute approximate surface area is 86.5 Å². The smallest absolute Gasteiger partial charge is 0.319 e. The monoisotopic (exact) mass is 214 g/mol. The molecule has 2 amide bonds. The molecule has 0 aliphatic heterocycles. The van der Waals surface area contributed by atoms with E-state index in [0.29, 0.717) is 6.54 Å². The molecule has 5 heteroatoms. The summed E-state index contributed by atoms with van der Waals surface area (Å²) in [5.41, 5.74) is -0.0370. The molecule has 0 aliphatic rings. The highest BCUT2D eigenvalue weighted by molar-refractivity contribution is 5.89. The molecule has 1 aromatic rings. The van der Waals surface area contributed by atoms with Crippen LogP contribution >= 0.6 is 0 Å². The van der Waals surface area contributed by atoms with E-state index >= 15 is 0 Å². The number of hydrogen-bond donors (Lipinski definition) is 2. The molecule has 0 heterocycles. The number of rotatable bonds is 3. The first-order valence-corrected chi connectivity index (χ1v) is 4.63. The van der Waals surface area contributed by atoms with Crippen LogP contribution in [0.1, 0.15) is 13.3 Å². The lowest BCUT2D eigenvalue weighted by atomic mass is 10.3. The maximum Gasteiger partial charge on any atom is 0.319 e. The molecule has 0 bridgehead atoms. The summed E-state index contributed by atoms with van der Waals surface area (Å²) in [5.74, 6) is -1.46. The van der Waals surface area contributed by atoms with Crippen LogP contribution in [0.4, 0.5) is 19.3 Å². The molecule has 2 N–H and O–H groups in total. The third-order valence-electron chi connectivity index (χ3n) is 1.71. The molecule has 0 saturated carbocycles. The van der Waals surface area contributed by atoms with Crippen molar-refractivity contribution in [3.05, 3.63) is 29.8 Å². The van der Waals surface area contributed by atoms with Crippen LogP contribution in [0.25, 0.3) is 0 Å². The van der Waals surface area contributed by atoms with E-state index in [1.54, 1.807) is 0 Å². The molecular formula is C10H12F2N2O. The minimum atomic E-state index is -0.790. The van der Waals surface area contributed by atoms with Crippen LogP contribution in [0.5, 0.6) is 0 Å².